The molecule has 0 spiro atoms. The first kappa shape index (κ1) is 8.59. The van der Waals surface area contributed by atoms with Crippen molar-refractivity contribution < 1.29 is 0 Å². The highest BCUT2D eigenvalue weighted by atomic mass is 16.1. The highest BCUT2D eigenvalue weighted by Gasteiger charge is 1.97. The molecular formula is C9H12N2O. The predicted molar refractivity (Wildman–Crippen MR) is 49.9 cm³/mol. The van der Waals surface area contributed by atoms with Gasteiger partial charge in [-0.25, -0.2) is 0 Å². The van der Waals surface area contributed by atoms with Crippen molar-refractivity contribution in [3.05, 3.63) is 40.8 Å². The van der Waals surface area contributed by atoms with Crippen molar-refractivity contribution in [2.45, 2.75) is 13.5 Å². The first-order chi connectivity index (χ1) is 5.61. The third-order valence-electron chi connectivity index (χ3n) is 1.49. The van der Waals surface area contributed by atoms with Gasteiger partial charge in [-0.1, -0.05) is 12.2 Å². The number of nitrogens with two attached hydrogens (primary N) is 1. The lowest BCUT2D eigenvalue weighted by atomic mass is 10.3. The molecule has 1 heterocycles. The van der Waals surface area contributed by atoms with E-state index in [9.17, 15) is 4.79 Å². The monoisotopic (exact) mass is 164 g/mol. The van der Waals surface area contributed by atoms with Crippen molar-refractivity contribution in [3.63, 3.8) is 0 Å². The summed E-state index contributed by atoms with van der Waals surface area (Å²) < 4.78 is 1.54. The summed E-state index contributed by atoms with van der Waals surface area (Å²) in [7, 11) is 0. The normalized spacial score (nSPS) is 9.75. The van der Waals surface area contributed by atoms with Crippen molar-refractivity contribution in [3.8, 4) is 0 Å². The molecule has 3 heteroatoms. The summed E-state index contributed by atoms with van der Waals surface area (Å²) in [6.45, 7) is 6.12. The molecule has 0 amide bonds. The smallest absolute Gasteiger partial charge is 0.273 e. The summed E-state index contributed by atoms with van der Waals surface area (Å²) in [6.07, 6.45) is 1.70. The van der Waals surface area contributed by atoms with E-state index in [1.807, 2.05) is 6.92 Å². The zero-order valence-electron chi connectivity index (χ0n) is 7.08. The molecular weight excluding hydrogens is 152 g/mol. The van der Waals surface area contributed by atoms with Crippen LogP contribution in [0.5, 0.6) is 0 Å². The van der Waals surface area contributed by atoms with Crippen LogP contribution < -0.4 is 11.3 Å². The van der Waals surface area contributed by atoms with Gasteiger partial charge in [-0.3, -0.25) is 4.79 Å². The van der Waals surface area contributed by atoms with Crippen LogP contribution in [-0.2, 0) is 6.54 Å². The SMILES string of the molecule is C=C(C)Cn1cccc(N)c1=O. The van der Waals surface area contributed by atoms with Crippen molar-refractivity contribution >= 4 is 5.69 Å². The van der Waals surface area contributed by atoms with Crippen molar-refractivity contribution in [1.29, 1.82) is 0 Å². The number of nitrogen functional groups attached to an aromatic ring is 1. The van der Waals surface area contributed by atoms with E-state index in [4.69, 9.17) is 5.73 Å². The standard InChI is InChI=1S/C9H12N2O/c1-7(2)6-11-5-3-4-8(10)9(11)12/h3-5H,1,6,10H2,2H3. The number of aromatic nitrogens is 1. The molecule has 1 rings (SSSR count). The lowest BCUT2D eigenvalue weighted by Gasteiger charge is -2.04. The Bertz CT molecular complexity index is 352. The van der Waals surface area contributed by atoms with Gasteiger partial charge in [0.1, 0.15) is 0 Å². The Morgan fingerprint density at radius 1 is 1.75 bits per heavy atom. The molecule has 1 aromatic heterocycles. The fourth-order valence-corrected chi connectivity index (χ4v) is 0.971. The van der Waals surface area contributed by atoms with Crippen LogP contribution in [0.1, 0.15) is 6.92 Å². The second kappa shape index (κ2) is 3.26. The quantitative estimate of drug-likeness (QED) is 0.663. The topological polar surface area (TPSA) is 48.0 Å². The Kier molecular flexibility index (Phi) is 2.33. The number of rotatable bonds is 2. The molecule has 12 heavy (non-hydrogen) atoms. The van der Waals surface area contributed by atoms with Crippen LogP contribution in [0.2, 0.25) is 0 Å². The average Bonchev–Trinajstić information content (AvgIpc) is 1.98. The molecule has 1 aromatic rings. The third-order valence-corrected chi connectivity index (χ3v) is 1.49. The van der Waals surface area contributed by atoms with Crippen LogP contribution in [0.25, 0.3) is 0 Å². The van der Waals surface area contributed by atoms with Gasteiger partial charge in [-0.15, -0.1) is 0 Å². The molecule has 0 atom stereocenters. The number of anilines is 1. The molecule has 0 saturated heterocycles. The van der Waals surface area contributed by atoms with Crippen LogP contribution in [-0.4, -0.2) is 4.57 Å². The molecule has 64 valence electrons. The van der Waals surface area contributed by atoms with E-state index in [0.717, 1.165) is 5.57 Å². The van der Waals surface area contributed by atoms with E-state index in [-0.39, 0.29) is 11.2 Å². The average molecular weight is 164 g/mol. The van der Waals surface area contributed by atoms with Gasteiger partial charge in [-0.2, -0.15) is 0 Å². The van der Waals surface area contributed by atoms with E-state index >= 15 is 0 Å². The third kappa shape index (κ3) is 1.75. The molecule has 0 aliphatic heterocycles. The summed E-state index contributed by atoms with van der Waals surface area (Å²) in [6, 6.07) is 3.34. The summed E-state index contributed by atoms with van der Waals surface area (Å²) in [5.74, 6) is 0. The minimum absolute atomic E-state index is 0.152. The molecule has 0 unspecified atom stereocenters. The van der Waals surface area contributed by atoms with Gasteiger partial charge in [0.15, 0.2) is 0 Å². The molecule has 0 radical (unpaired) electrons. The van der Waals surface area contributed by atoms with Gasteiger partial charge < -0.3 is 10.3 Å². The molecule has 2 N–H and O–H groups in total. The summed E-state index contributed by atoms with van der Waals surface area (Å²) in [4.78, 5) is 11.3. The number of pyridine rings is 1. The zero-order valence-corrected chi connectivity index (χ0v) is 7.08. The van der Waals surface area contributed by atoms with Gasteiger partial charge in [0.2, 0.25) is 0 Å². The molecule has 0 aromatic carbocycles. The van der Waals surface area contributed by atoms with Crippen molar-refractivity contribution in [1.82, 2.24) is 4.57 Å². The van der Waals surface area contributed by atoms with Gasteiger partial charge in [0.05, 0.1) is 5.69 Å². The fraction of sp³-hybridized carbons (Fsp3) is 0.222. The molecule has 0 aliphatic rings. The Morgan fingerprint density at radius 2 is 2.42 bits per heavy atom. The highest BCUT2D eigenvalue weighted by Crippen LogP contribution is 1.95. The number of allylic oxidation sites excluding steroid dienone is 1. The number of hydrogen-bond acceptors (Lipinski definition) is 2. The molecule has 0 fully saturated rings. The van der Waals surface area contributed by atoms with Gasteiger partial charge >= 0.3 is 0 Å². The summed E-state index contributed by atoms with van der Waals surface area (Å²) in [5.41, 5.74) is 6.49. The van der Waals surface area contributed by atoms with Crippen LogP contribution in [0, 0.1) is 0 Å². The van der Waals surface area contributed by atoms with Crippen molar-refractivity contribution in [2.75, 3.05) is 5.73 Å². The molecule has 0 bridgehead atoms. The maximum Gasteiger partial charge on any atom is 0.273 e. The summed E-state index contributed by atoms with van der Waals surface area (Å²) in [5, 5.41) is 0. The van der Waals surface area contributed by atoms with Crippen LogP contribution in [0.3, 0.4) is 0 Å². The maximum absolute atomic E-state index is 11.3. The first-order valence-corrected chi connectivity index (χ1v) is 3.70. The Hall–Kier alpha value is -1.51. The van der Waals surface area contributed by atoms with E-state index in [1.165, 1.54) is 4.57 Å². The Morgan fingerprint density at radius 3 is 3.00 bits per heavy atom. The van der Waals surface area contributed by atoms with Crippen LogP contribution >= 0.6 is 0 Å². The zero-order chi connectivity index (χ0) is 9.14. The molecule has 0 aliphatic carbocycles. The second-order valence-electron chi connectivity index (χ2n) is 2.85. The largest absolute Gasteiger partial charge is 0.394 e. The van der Waals surface area contributed by atoms with Crippen LogP contribution in [0.15, 0.2) is 35.3 Å². The van der Waals surface area contributed by atoms with Gasteiger partial charge in [0, 0.05) is 12.7 Å². The van der Waals surface area contributed by atoms with Gasteiger partial charge in [0.25, 0.3) is 5.56 Å². The van der Waals surface area contributed by atoms with E-state index in [2.05, 4.69) is 6.58 Å². The highest BCUT2D eigenvalue weighted by molar-refractivity contribution is 5.33. The molecule has 3 nitrogen and oxygen atoms in total. The predicted octanol–water partition coefficient (Wildman–Crippen LogP) is 1.01. The number of hydrogen-bond donors (Lipinski definition) is 1. The van der Waals surface area contributed by atoms with E-state index < -0.39 is 0 Å². The minimum atomic E-state index is -0.152. The minimum Gasteiger partial charge on any atom is -0.394 e. The van der Waals surface area contributed by atoms with E-state index in [1.54, 1.807) is 18.3 Å². The fourth-order valence-electron chi connectivity index (χ4n) is 0.971. The second-order valence-corrected chi connectivity index (χ2v) is 2.85. The van der Waals surface area contributed by atoms with Crippen LogP contribution in [0.4, 0.5) is 5.69 Å². The lowest BCUT2D eigenvalue weighted by Crippen LogP contribution is -2.22. The Balaban J connectivity index is 3.09. The van der Waals surface area contributed by atoms with Crippen molar-refractivity contribution in [2.24, 2.45) is 0 Å². The van der Waals surface area contributed by atoms with E-state index in [0.29, 0.717) is 6.54 Å². The summed E-state index contributed by atoms with van der Waals surface area (Å²) >= 11 is 0. The molecule has 0 saturated carbocycles. The maximum atomic E-state index is 11.3. The first-order valence-electron chi connectivity index (χ1n) is 3.70. The lowest BCUT2D eigenvalue weighted by molar-refractivity contribution is 0.751. The Labute approximate surface area is 71.1 Å². The van der Waals surface area contributed by atoms with Gasteiger partial charge in [-0.05, 0) is 19.1 Å². The number of nitrogens with zero attached hydrogens (tertiary/aromatic N) is 1.